The Morgan fingerprint density at radius 1 is 1.26 bits per heavy atom. The summed E-state index contributed by atoms with van der Waals surface area (Å²) in [5.74, 6) is 0. The van der Waals surface area contributed by atoms with E-state index >= 15 is 0 Å². The molecule has 0 saturated carbocycles. The van der Waals surface area contributed by atoms with Crippen LogP contribution in [-0.2, 0) is 12.0 Å². The average Bonchev–Trinajstić information content (AvgIpc) is 2.76. The third kappa shape index (κ3) is 3.85. The lowest BCUT2D eigenvalue weighted by molar-refractivity contribution is 0.585. The maximum Gasteiger partial charge on any atom is 0.0981 e. The monoisotopic (exact) mass is 314 g/mol. The Hall–Kier alpha value is -0.770. The molecular formula is C14H16Cl2N2S. The van der Waals surface area contributed by atoms with Crippen LogP contribution in [0.25, 0.3) is 0 Å². The Morgan fingerprint density at radius 2 is 2.00 bits per heavy atom. The van der Waals surface area contributed by atoms with Crippen molar-refractivity contribution >= 4 is 40.2 Å². The highest BCUT2D eigenvalue weighted by molar-refractivity contribution is 7.11. The van der Waals surface area contributed by atoms with E-state index in [1.165, 1.54) is 4.88 Å². The molecule has 1 aromatic heterocycles. The summed E-state index contributed by atoms with van der Waals surface area (Å²) in [7, 11) is 0. The summed E-state index contributed by atoms with van der Waals surface area (Å²) in [4.78, 5) is 5.65. The molecule has 0 atom stereocenters. The zero-order valence-electron chi connectivity index (χ0n) is 11.1. The molecule has 5 heteroatoms. The number of nitrogens with one attached hydrogen (secondary N) is 1. The van der Waals surface area contributed by atoms with Gasteiger partial charge in [0.25, 0.3) is 0 Å². The fraction of sp³-hybridized carbons (Fsp3) is 0.357. The van der Waals surface area contributed by atoms with Crippen molar-refractivity contribution in [1.82, 2.24) is 4.98 Å². The van der Waals surface area contributed by atoms with Crippen molar-refractivity contribution in [2.24, 2.45) is 0 Å². The fourth-order valence-corrected chi connectivity index (χ4v) is 2.94. The SMILES string of the molecule is CC(C)(C)c1ncc(CNc2ccc(Cl)cc2Cl)s1. The smallest absolute Gasteiger partial charge is 0.0981 e. The number of hydrogen-bond acceptors (Lipinski definition) is 3. The van der Waals surface area contributed by atoms with Crippen molar-refractivity contribution in [3.63, 3.8) is 0 Å². The second kappa shape index (κ2) is 5.70. The topological polar surface area (TPSA) is 24.9 Å². The molecule has 0 fully saturated rings. The van der Waals surface area contributed by atoms with E-state index in [2.05, 4.69) is 31.1 Å². The van der Waals surface area contributed by atoms with E-state index in [-0.39, 0.29) is 5.41 Å². The van der Waals surface area contributed by atoms with Gasteiger partial charge in [0, 0.05) is 21.5 Å². The van der Waals surface area contributed by atoms with Crippen molar-refractivity contribution in [2.45, 2.75) is 32.7 Å². The van der Waals surface area contributed by atoms with Crippen LogP contribution < -0.4 is 5.32 Å². The predicted molar refractivity (Wildman–Crippen MR) is 84.6 cm³/mol. The van der Waals surface area contributed by atoms with Gasteiger partial charge in [-0.15, -0.1) is 11.3 Å². The minimum Gasteiger partial charge on any atom is -0.379 e. The average molecular weight is 315 g/mol. The van der Waals surface area contributed by atoms with Crippen LogP contribution in [0.3, 0.4) is 0 Å². The first-order valence-electron chi connectivity index (χ1n) is 6.00. The van der Waals surface area contributed by atoms with Crippen LogP contribution in [0.5, 0.6) is 0 Å². The fourth-order valence-electron chi connectivity index (χ4n) is 1.55. The zero-order chi connectivity index (χ0) is 14.0. The van der Waals surface area contributed by atoms with Crippen LogP contribution in [0.15, 0.2) is 24.4 Å². The molecule has 102 valence electrons. The maximum atomic E-state index is 6.11. The van der Waals surface area contributed by atoms with Gasteiger partial charge in [-0.3, -0.25) is 0 Å². The second-order valence-electron chi connectivity index (χ2n) is 5.36. The molecule has 1 aromatic carbocycles. The third-order valence-corrected chi connectivity index (χ3v) is 4.55. The molecular weight excluding hydrogens is 299 g/mol. The lowest BCUT2D eigenvalue weighted by atomic mass is 9.98. The molecule has 0 spiro atoms. The van der Waals surface area contributed by atoms with E-state index in [0.29, 0.717) is 10.0 Å². The highest BCUT2D eigenvalue weighted by atomic mass is 35.5. The summed E-state index contributed by atoms with van der Waals surface area (Å²) in [5, 5.41) is 5.72. The molecule has 1 N–H and O–H groups in total. The molecule has 19 heavy (non-hydrogen) atoms. The van der Waals surface area contributed by atoms with Gasteiger partial charge in [0.15, 0.2) is 0 Å². The van der Waals surface area contributed by atoms with Gasteiger partial charge in [-0.1, -0.05) is 44.0 Å². The number of halogens is 2. The van der Waals surface area contributed by atoms with Gasteiger partial charge < -0.3 is 5.32 Å². The summed E-state index contributed by atoms with van der Waals surface area (Å²) >= 11 is 13.7. The Bertz CT molecular complexity index is 573. The van der Waals surface area contributed by atoms with Gasteiger partial charge in [0.1, 0.15) is 0 Å². The van der Waals surface area contributed by atoms with Crippen LogP contribution in [-0.4, -0.2) is 4.98 Å². The molecule has 2 nitrogen and oxygen atoms in total. The summed E-state index contributed by atoms with van der Waals surface area (Å²) in [6.45, 7) is 7.21. The summed E-state index contributed by atoms with van der Waals surface area (Å²) in [5.41, 5.74) is 0.984. The predicted octanol–water partition coefficient (Wildman–Crippen LogP) is 5.36. The van der Waals surface area contributed by atoms with Crippen LogP contribution >= 0.6 is 34.5 Å². The number of benzene rings is 1. The summed E-state index contributed by atoms with van der Waals surface area (Å²) in [6.07, 6.45) is 1.92. The van der Waals surface area contributed by atoms with Crippen molar-refractivity contribution < 1.29 is 0 Å². The van der Waals surface area contributed by atoms with E-state index in [4.69, 9.17) is 23.2 Å². The second-order valence-corrected chi connectivity index (χ2v) is 7.32. The molecule has 0 saturated heterocycles. The largest absolute Gasteiger partial charge is 0.379 e. The van der Waals surface area contributed by atoms with Crippen LogP contribution in [0, 0.1) is 0 Å². The van der Waals surface area contributed by atoms with Crippen molar-refractivity contribution in [1.29, 1.82) is 0 Å². The molecule has 0 bridgehead atoms. The van der Waals surface area contributed by atoms with E-state index < -0.39 is 0 Å². The first kappa shape index (κ1) is 14.6. The molecule has 0 aliphatic heterocycles. The van der Waals surface area contributed by atoms with Crippen LogP contribution in [0.4, 0.5) is 5.69 Å². The summed E-state index contributed by atoms with van der Waals surface area (Å²) < 4.78 is 0. The molecule has 0 aliphatic carbocycles. The van der Waals surface area contributed by atoms with Gasteiger partial charge >= 0.3 is 0 Å². The highest BCUT2D eigenvalue weighted by Gasteiger charge is 2.17. The number of aromatic nitrogens is 1. The van der Waals surface area contributed by atoms with Crippen molar-refractivity contribution in [3.05, 3.63) is 44.3 Å². The molecule has 0 unspecified atom stereocenters. The van der Waals surface area contributed by atoms with E-state index in [9.17, 15) is 0 Å². The molecule has 2 rings (SSSR count). The molecule has 0 amide bonds. The first-order valence-corrected chi connectivity index (χ1v) is 7.57. The van der Waals surface area contributed by atoms with Gasteiger partial charge in [-0.05, 0) is 18.2 Å². The Kier molecular flexibility index (Phi) is 4.39. The first-order chi connectivity index (χ1) is 8.86. The number of rotatable bonds is 3. The van der Waals surface area contributed by atoms with Gasteiger partial charge in [-0.2, -0.15) is 0 Å². The Labute approximate surface area is 127 Å². The van der Waals surface area contributed by atoms with Gasteiger partial charge in [0.05, 0.1) is 22.3 Å². The highest BCUT2D eigenvalue weighted by Crippen LogP contribution is 2.29. The van der Waals surface area contributed by atoms with Crippen LogP contribution in [0.1, 0.15) is 30.7 Å². The van der Waals surface area contributed by atoms with Crippen molar-refractivity contribution in [2.75, 3.05) is 5.32 Å². The minimum absolute atomic E-state index is 0.0980. The van der Waals surface area contributed by atoms with E-state index in [0.717, 1.165) is 17.2 Å². The summed E-state index contributed by atoms with van der Waals surface area (Å²) in [6, 6.07) is 5.44. The molecule has 0 aliphatic rings. The van der Waals surface area contributed by atoms with Crippen LogP contribution in [0.2, 0.25) is 10.0 Å². The quantitative estimate of drug-likeness (QED) is 0.825. The lowest BCUT2D eigenvalue weighted by Gasteiger charge is -2.13. The Balaban J connectivity index is 2.04. The van der Waals surface area contributed by atoms with E-state index in [1.807, 2.05) is 18.3 Å². The normalized spacial score (nSPS) is 11.6. The minimum atomic E-state index is 0.0980. The number of anilines is 1. The molecule has 1 heterocycles. The van der Waals surface area contributed by atoms with Crippen molar-refractivity contribution in [3.8, 4) is 0 Å². The number of hydrogen-bond donors (Lipinski definition) is 1. The maximum absolute atomic E-state index is 6.11. The van der Waals surface area contributed by atoms with Gasteiger partial charge in [-0.25, -0.2) is 4.98 Å². The standard InChI is InChI=1S/C14H16Cl2N2S/c1-14(2,3)13-18-8-10(19-13)7-17-12-5-4-9(15)6-11(12)16/h4-6,8,17H,7H2,1-3H3. The van der Waals surface area contributed by atoms with Gasteiger partial charge in [0.2, 0.25) is 0 Å². The lowest BCUT2D eigenvalue weighted by Crippen LogP contribution is -2.09. The zero-order valence-corrected chi connectivity index (χ0v) is 13.5. The third-order valence-electron chi connectivity index (χ3n) is 2.58. The number of thiazole rings is 1. The molecule has 0 radical (unpaired) electrons. The number of nitrogens with zero attached hydrogens (tertiary/aromatic N) is 1. The molecule has 2 aromatic rings. The van der Waals surface area contributed by atoms with E-state index in [1.54, 1.807) is 17.4 Å². The Morgan fingerprint density at radius 3 is 2.58 bits per heavy atom.